The first kappa shape index (κ1) is 18.3. The molecule has 1 heterocycles. The zero-order valence-corrected chi connectivity index (χ0v) is 15.2. The number of amides is 1. The normalized spacial score (nSPS) is 16.6. The van der Waals surface area contributed by atoms with Crippen LogP contribution in [0.25, 0.3) is 0 Å². The molecule has 1 aliphatic rings. The van der Waals surface area contributed by atoms with Gasteiger partial charge in [0, 0.05) is 28.7 Å². The maximum absolute atomic E-state index is 12.9. The topological polar surface area (TPSA) is 63.7 Å². The van der Waals surface area contributed by atoms with Crippen LogP contribution in [0.1, 0.15) is 16.8 Å². The van der Waals surface area contributed by atoms with Gasteiger partial charge in [0.15, 0.2) is 12.4 Å². The molecule has 7 heteroatoms. The lowest BCUT2D eigenvalue weighted by molar-refractivity contribution is -0.147. The number of hydrogen-bond donors (Lipinski definition) is 0. The number of benzene rings is 2. The molecule has 2 aromatic rings. The Morgan fingerprint density at radius 2 is 1.77 bits per heavy atom. The minimum atomic E-state index is -0.618. The number of anilines is 1. The summed E-state index contributed by atoms with van der Waals surface area (Å²) in [4.78, 5) is 37.9. The van der Waals surface area contributed by atoms with E-state index in [-0.39, 0.29) is 24.4 Å². The van der Waals surface area contributed by atoms with Crippen LogP contribution in [0.4, 0.5) is 10.1 Å². The third kappa shape index (κ3) is 4.16. The van der Waals surface area contributed by atoms with E-state index in [1.54, 1.807) is 12.1 Å². The van der Waals surface area contributed by atoms with Gasteiger partial charge in [-0.3, -0.25) is 14.4 Å². The van der Waals surface area contributed by atoms with Crippen LogP contribution in [0.15, 0.2) is 53.0 Å². The van der Waals surface area contributed by atoms with Gasteiger partial charge in [0.1, 0.15) is 5.82 Å². The smallest absolute Gasteiger partial charge is 0.311 e. The number of esters is 1. The predicted molar refractivity (Wildman–Crippen MR) is 96.3 cm³/mol. The van der Waals surface area contributed by atoms with Crippen molar-refractivity contribution in [3.05, 3.63) is 64.4 Å². The highest BCUT2D eigenvalue weighted by Gasteiger charge is 2.36. The minimum Gasteiger partial charge on any atom is -0.457 e. The number of rotatable bonds is 5. The third-order valence-corrected chi connectivity index (χ3v) is 4.64. The molecular weight excluding hydrogens is 405 g/mol. The fraction of sp³-hybridized carbons (Fsp3) is 0.211. The third-order valence-electron chi connectivity index (χ3n) is 4.11. The van der Waals surface area contributed by atoms with Gasteiger partial charge in [-0.05, 0) is 48.5 Å². The molecule has 0 aromatic heterocycles. The zero-order valence-electron chi connectivity index (χ0n) is 13.7. The lowest BCUT2D eigenvalue weighted by Gasteiger charge is -2.16. The van der Waals surface area contributed by atoms with Gasteiger partial charge in [0.2, 0.25) is 5.91 Å². The zero-order chi connectivity index (χ0) is 18.7. The summed E-state index contributed by atoms with van der Waals surface area (Å²) >= 11 is 3.33. The Morgan fingerprint density at radius 3 is 2.42 bits per heavy atom. The first-order chi connectivity index (χ1) is 12.4. The fourth-order valence-electron chi connectivity index (χ4n) is 2.71. The first-order valence-corrected chi connectivity index (χ1v) is 8.74. The second-order valence-electron chi connectivity index (χ2n) is 5.92. The standard InChI is InChI=1S/C19H15BrFNO4/c20-14-3-7-16(8-4-14)22-10-13(9-18(22)24)19(25)26-11-17(23)12-1-5-15(21)6-2-12/h1-8,13H,9-11H2. The minimum absolute atomic E-state index is 0.0413. The van der Waals surface area contributed by atoms with Crippen LogP contribution in [0, 0.1) is 11.7 Å². The molecule has 5 nitrogen and oxygen atoms in total. The molecule has 0 aliphatic carbocycles. The molecule has 2 aromatic carbocycles. The molecule has 3 rings (SSSR count). The summed E-state index contributed by atoms with van der Waals surface area (Å²) in [6.45, 7) is -0.225. The highest BCUT2D eigenvalue weighted by Crippen LogP contribution is 2.27. The van der Waals surface area contributed by atoms with Crippen molar-refractivity contribution in [3.8, 4) is 0 Å². The molecule has 1 fully saturated rings. The SMILES string of the molecule is O=C(COC(=O)C1CC(=O)N(c2ccc(Br)cc2)C1)c1ccc(F)cc1. The molecule has 0 radical (unpaired) electrons. The average molecular weight is 420 g/mol. The van der Waals surface area contributed by atoms with Crippen molar-refractivity contribution in [2.24, 2.45) is 5.92 Å². The molecule has 26 heavy (non-hydrogen) atoms. The van der Waals surface area contributed by atoms with Crippen molar-refractivity contribution in [1.29, 1.82) is 0 Å². The number of hydrogen-bond acceptors (Lipinski definition) is 4. The van der Waals surface area contributed by atoms with Crippen LogP contribution in [0.2, 0.25) is 0 Å². The molecule has 0 spiro atoms. The monoisotopic (exact) mass is 419 g/mol. The van der Waals surface area contributed by atoms with Crippen molar-refractivity contribution in [3.63, 3.8) is 0 Å². The van der Waals surface area contributed by atoms with Crippen molar-refractivity contribution in [2.75, 3.05) is 18.1 Å². The van der Waals surface area contributed by atoms with Crippen LogP contribution >= 0.6 is 15.9 Å². The van der Waals surface area contributed by atoms with Gasteiger partial charge in [-0.25, -0.2) is 4.39 Å². The van der Waals surface area contributed by atoms with Crippen molar-refractivity contribution < 1.29 is 23.5 Å². The van der Waals surface area contributed by atoms with E-state index in [0.29, 0.717) is 5.69 Å². The van der Waals surface area contributed by atoms with Crippen LogP contribution in [0.3, 0.4) is 0 Å². The quantitative estimate of drug-likeness (QED) is 0.550. The van der Waals surface area contributed by atoms with Crippen molar-refractivity contribution in [1.82, 2.24) is 0 Å². The molecule has 1 saturated heterocycles. The van der Waals surface area contributed by atoms with Gasteiger partial charge in [-0.2, -0.15) is 0 Å². The Bertz CT molecular complexity index is 836. The first-order valence-electron chi connectivity index (χ1n) is 7.95. The van der Waals surface area contributed by atoms with Gasteiger partial charge in [0.25, 0.3) is 0 Å². The number of ether oxygens (including phenoxy) is 1. The maximum Gasteiger partial charge on any atom is 0.311 e. The van der Waals surface area contributed by atoms with Crippen LogP contribution in [0.5, 0.6) is 0 Å². The molecule has 1 atom stereocenters. The molecule has 1 aliphatic heterocycles. The molecule has 0 N–H and O–H groups in total. The molecule has 134 valence electrons. The van der Waals surface area contributed by atoms with E-state index < -0.39 is 30.1 Å². The average Bonchev–Trinajstić information content (AvgIpc) is 3.02. The summed E-state index contributed by atoms with van der Waals surface area (Å²) in [6.07, 6.45) is 0.0413. The summed E-state index contributed by atoms with van der Waals surface area (Å²) in [6, 6.07) is 12.2. The Kier molecular flexibility index (Phi) is 5.46. The lowest BCUT2D eigenvalue weighted by atomic mass is 10.1. The molecular formula is C19H15BrFNO4. The lowest BCUT2D eigenvalue weighted by Crippen LogP contribution is -2.27. The molecule has 1 amide bonds. The van der Waals surface area contributed by atoms with E-state index in [4.69, 9.17) is 4.74 Å². The summed E-state index contributed by atoms with van der Waals surface area (Å²) in [5, 5.41) is 0. The van der Waals surface area contributed by atoms with Crippen LogP contribution in [-0.2, 0) is 14.3 Å². The molecule has 0 bridgehead atoms. The Hall–Kier alpha value is -2.54. The van der Waals surface area contributed by atoms with Crippen molar-refractivity contribution >= 4 is 39.3 Å². The van der Waals surface area contributed by atoms with E-state index in [1.165, 1.54) is 29.2 Å². The van der Waals surface area contributed by atoms with E-state index in [9.17, 15) is 18.8 Å². The number of Topliss-reactive ketones (excluding diaryl/α,β-unsaturated/α-hetero) is 1. The summed E-state index contributed by atoms with van der Waals surface area (Å²) < 4.78 is 18.8. The molecule has 0 saturated carbocycles. The van der Waals surface area contributed by atoms with Gasteiger partial charge < -0.3 is 9.64 Å². The van der Waals surface area contributed by atoms with Gasteiger partial charge in [-0.15, -0.1) is 0 Å². The summed E-state index contributed by atoms with van der Waals surface area (Å²) in [5.41, 5.74) is 0.967. The van der Waals surface area contributed by atoms with E-state index in [0.717, 1.165) is 4.47 Å². The number of carbonyl (C=O) groups is 3. The van der Waals surface area contributed by atoms with Crippen molar-refractivity contribution in [2.45, 2.75) is 6.42 Å². The number of ketones is 1. The van der Waals surface area contributed by atoms with Gasteiger partial charge in [-0.1, -0.05) is 15.9 Å². The fourth-order valence-corrected chi connectivity index (χ4v) is 2.97. The predicted octanol–water partition coefficient (Wildman–Crippen LogP) is 3.37. The summed E-state index contributed by atoms with van der Waals surface area (Å²) in [5.74, 6) is -2.25. The second kappa shape index (κ2) is 7.78. The van der Waals surface area contributed by atoms with Gasteiger partial charge >= 0.3 is 5.97 Å². The van der Waals surface area contributed by atoms with Crippen LogP contribution in [-0.4, -0.2) is 30.8 Å². The van der Waals surface area contributed by atoms with E-state index >= 15 is 0 Å². The number of carbonyl (C=O) groups excluding carboxylic acids is 3. The Labute approximate surface area is 157 Å². The molecule has 1 unspecified atom stereocenters. The highest BCUT2D eigenvalue weighted by atomic mass is 79.9. The number of nitrogens with zero attached hydrogens (tertiary/aromatic N) is 1. The Morgan fingerprint density at radius 1 is 1.12 bits per heavy atom. The summed E-state index contributed by atoms with van der Waals surface area (Å²) in [7, 11) is 0. The highest BCUT2D eigenvalue weighted by molar-refractivity contribution is 9.10. The Balaban J connectivity index is 1.57. The largest absolute Gasteiger partial charge is 0.457 e. The van der Waals surface area contributed by atoms with E-state index in [1.807, 2.05) is 12.1 Å². The van der Waals surface area contributed by atoms with Crippen LogP contribution < -0.4 is 4.90 Å². The second-order valence-corrected chi connectivity index (χ2v) is 6.84. The van der Waals surface area contributed by atoms with E-state index in [2.05, 4.69) is 15.9 Å². The maximum atomic E-state index is 12.9. The number of halogens is 2. The van der Waals surface area contributed by atoms with Gasteiger partial charge in [0.05, 0.1) is 5.92 Å².